The van der Waals surface area contributed by atoms with Gasteiger partial charge in [-0.05, 0) is 186 Å². The van der Waals surface area contributed by atoms with Crippen molar-refractivity contribution in [2.24, 2.45) is 0 Å². The van der Waals surface area contributed by atoms with Gasteiger partial charge < -0.3 is 21.3 Å². The zero-order valence-electron chi connectivity index (χ0n) is 38.3. The first-order valence-corrected chi connectivity index (χ1v) is 22.3. The van der Waals surface area contributed by atoms with Crippen LogP contribution in [0.2, 0.25) is 0 Å². The number of aryl methyl sites for hydroxylation is 4. The third-order valence-electron chi connectivity index (χ3n) is 13.0. The lowest BCUT2D eigenvalue weighted by Gasteiger charge is -2.34. The zero-order chi connectivity index (χ0) is 47.0. The van der Waals surface area contributed by atoms with Crippen molar-refractivity contribution in [3.63, 3.8) is 0 Å². The highest BCUT2D eigenvalue weighted by atomic mass is 16.2. The van der Waals surface area contributed by atoms with Crippen molar-refractivity contribution in [2.75, 3.05) is 28.3 Å². The van der Waals surface area contributed by atoms with Gasteiger partial charge in [0.1, 0.15) is 0 Å². The van der Waals surface area contributed by atoms with Gasteiger partial charge in [-0.1, -0.05) is 84.9 Å². The molecule has 0 heterocycles. The minimum Gasteiger partial charge on any atom is -0.388 e. The summed E-state index contributed by atoms with van der Waals surface area (Å²) in [5, 5.41) is 12.4. The Balaban J connectivity index is 0.881. The van der Waals surface area contributed by atoms with Crippen molar-refractivity contribution >= 4 is 46.3 Å². The molecular formula is C59H50N4O4. The van der Waals surface area contributed by atoms with Crippen LogP contribution in [0.1, 0.15) is 92.9 Å². The van der Waals surface area contributed by atoms with Gasteiger partial charge in [-0.25, -0.2) is 0 Å². The first-order chi connectivity index (χ1) is 32.3. The average molecular weight is 879 g/mol. The summed E-state index contributed by atoms with van der Waals surface area (Å²) in [6, 6.07) is 55.4. The molecule has 1 aliphatic carbocycles. The van der Waals surface area contributed by atoms with E-state index in [0.29, 0.717) is 33.6 Å². The van der Waals surface area contributed by atoms with Crippen LogP contribution < -0.4 is 21.3 Å². The fraction of sp³-hybridized carbons (Fsp3) is 0.119. The maximum atomic E-state index is 13.6. The normalized spacial score (nSPS) is 12.1. The summed E-state index contributed by atoms with van der Waals surface area (Å²) >= 11 is 0. The van der Waals surface area contributed by atoms with E-state index in [1.54, 1.807) is 48.5 Å². The van der Waals surface area contributed by atoms with Gasteiger partial charge in [0.15, 0.2) is 5.78 Å². The number of Topliss-reactive ketones (excluding diaryl/α,β-unsaturated/α-hetero) is 1. The van der Waals surface area contributed by atoms with Crippen LogP contribution in [-0.2, 0) is 5.41 Å². The summed E-state index contributed by atoms with van der Waals surface area (Å²) < 4.78 is 0. The fourth-order valence-electron chi connectivity index (χ4n) is 9.57. The van der Waals surface area contributed by atoms with Gasteiger partial charge in [-0.2, -0.15) is 0 Å². The van der Waals surface area contributed by atoms with Crippen LogP contribution in [0.25, 0.3) is 22.3 Å². The smallest absolute Gasteiger partial charge is 0.255 e. The van der Waals surface area contributed by atoms with Crippen molar-refractivity contribution in [1.29, 1.82) is 0 Å². The second-order valence-corrected chi connectivity index (χ2v) is 17.3. The van der Waals surface area contributed by atoms with Crippen molar-refractivity contribution in [2.45, 2.75) is 40.0 Å². The summed E-state index contributed by atoms with van der Waals surface area (Å²) in [5.74, 6) is -0.868. The minimum atomic E-state index is -0.557. The van der Waals surface area contributed by atoms with E-state index in [4.69, 9.17) is 0 Å². The van der Waals surface area contributed by atoms with E-state index in [1.807, 2.05) is 71.1 Å². The molecule has 67 heavy (non-hydrogen) atoms. The lowest BCUT2D eigenvalue weighted by atomic mass is 9.67. The van der Waals surface area contributed by atoms with E-state index < -0.39 is 5.41 Å². The van der Waals surface area contributed by atoms with Crippen LogP contribution in [0.3, 0.4) is 0 Å². The Kier molecular flexibility index (Phi) is 11.7. The standard InChI is InChI=1S/C59H50N4O4/c1-35-31-44(32-36(2)54(35)62-57(66)42-17-15-40(16-18-42)39(5)64)45-33-37(3)55(38(4)34-45)63-58(67)43-21-19-41(20-22-43)56(65)61-49-29-25-47(26-30-49)59(46-23-27-48(60-6)28-24-46)52-13-9-7-11-50(52)51-12-8-10-14-53(51)59/h7-34,60H,1-6H3,(H,61,65)(H,62,66)(H,63,67). The molecule has 0 spiro atoms. The fourth-order valence-corrected chi connectivity index (χ4v) is 9.57. The molecule has 8 aromatic carbocycles. The van der Waals surface area contributed by atoms with Crippen molar-refractivity contribution in [3.8, 4) is 22.3 Å². The predicted octanol–water partition coefficient (Wildman–Crippen LogP) is 13.0. The largest absolute Gasteiger partial charge is 0.388 e. The topological polar surface area (TPSA) is 116 Å². The van der Waals surface area contributed by atoms with Gasteiger partial charge in [-0.3, -0.25) is 19.2 Å². The minimum absolute atomic E-state index is 0.0535. The molecule has 0 radical (unpaired) electrons. The Morgan fingerprint density at radius 2 is 0.746 bits per heavy atom. The van der Waals surface area contributed by atoms with Crippen LogP contribution in [0.15, 0.2) is 170 Å². The number of hydrogen-bond acceptors (Lipinski definition) is 5. The van der Waals surface area contributed by atoms with E-state index in [9.17, 15) is 19.2 Å². The molecule has 1 aliphatic rings. The molecule has 9 rings (SSSR count). The molecule has 0 aromatic heterocycles. The van der Waals surface area contributed by atoms with E-state index in [1.165, 1.54) is 29.2 Å². The van der Waals surface area contributed by atoms with Crippen LogP contribution in [0.4, 0.5) is 22.7 Å². The maximum absolute atomic E-state index is 13.6. The Labute approximate surface area is 391 Å². The lowest BCUT2D eigenvalue weighted by Crippen LogP contribution is -2.28. The molecule has 8 nitrogen and oxygen atoms in total. The van der Waals surface area contributed by atoms with Crippen molar-refractivity contribution in [3.05, 3.63) is 237 Å². The molecular weight excluding hydrogens is 829 g/mol. The number of hydrogen-bond donors (Lipinski definition) is 4. The Morgan fingerprint density at radius 3 is 1.12 bits per heavy atom. The number of benzene rings is 8. The first-order valence-electron chi connectivity index (χ1n) is 22.3. The number of anilines is 4. The SMILES string of the molecule is CNc1ccc(C2(c3ccc(NC(=O)c4ccc(C(=O)Nc5c(C)cc(-c6cc(C)c(NC(=O)c7ccc(C(C)=O)cc7)c(C)c6)cc5C)cc4)cc3)c3ccccc3-c3ccccc32)cc1. The highest BCUT2D eigenvalue weighted by Gasteiger charge is 2.45. The summed E-state index contributed by atoms with van der Waals surface area (Å²) in [4.78, 5) is 52.0. The van der Waals surface area contributed by atoms with E-state index >= 15 is 0 Å². The summed E-state index contributed by atoms with van der Waals surface area (Å²) in [5.41, 5.74) is 17.1. The average Bonchev–Trinajstić information content (AvgIpc) is 3.64. The first kappa shape index (κ1) is 43.9. The van der Waals surface area contributed by atoms with Crippen LogP contribution in [0.5, 0.6) is 0 Å². The quantitative estimate of drug-likeness (QED) is 0.0966. The highest BCUT2D eigenvalue weighted by molar-refractivity contribution is 6.08. The Morgan fingerprint density at radius 1 is 0.403 bits per heavy atom. The van der Waals surface area contributed by atoms with Crippen LogP contribution >= 0.6 is 0 Å². The van der Waals surface area contributed by atoms with Gasteiger partial charge in [0, 0.05) is 52.1 Å². The molecule has 8 heteroatoms. The third kappa shape index (κ3) is 8.19. The number of amides is 3. The summed E-state index contributed by atoms with van der Waals surface area (Å²) in [6.07, 6.45) is 0. The van der Waals surface area contributed by atoms with Crippen molar-refractivity contribution in [1.82, 2.24) is 0 Å². The molecule has 0 saturated carbocycles. The number of nitrogens with one attached hydrogen (secondary N) is 4. The maximum Gasteiger partial charge on any atom is 0.255 e. The molecule has 0 saturated heterocycles. The molecule has 0 atom stereocenters. The molecule has 0 fully saturated rings. The summed E-state index contributed by atoms with van der Waals surface area (Å²) in [7, 11) is 1.92. The Bertz CT molecular complexity index is 3150. The van der Waals surface area contributed by atoms with Gasteiger partial charge >= 0.3 is 0 Å². The molecule has 3 amide bonds. The molecule has 8 aromatic rings. The second kappa shape index (κ2) is 17.9. The number of carbonyl (C=O) groups excluding carboxylic acids is 4. The van der Waals surface area contributed by atoms with Crippen LogP contribution in [0, 0.1) is 27.7 Å². The number of carbonyl (C=O) groups is 4. The predicted molar refractivity (Wildman–Crippen MR) is 271 cm³/mol. The Hall–Kier alpha value is -8.36. The van der Waals surface area contributed by atoms with E-state index in [-0.39, 0.29) is 23.5 Å². The van der Waals surface area contributed by atoms with Gasteiger partial charge in [0.2, 0.25) is 0 Å². The lowest BCUT2D eigenvalue weighted by molar-refractivity contribution is 0.100. The number of fused-ring (bicyclic) bond motifs is 3. The van der Waals surface area contributed by atoms with Crippen molar-refractivity contribution < 1.29 is 19.2 Å². The number of ketones is 1. The third-order valence-corrected chi connectivity index (χ3v) is 13.0. The monoisotopic (exact) mass is 878 g/mol. The number of rotatable bonds is 11. The van der Waals surface area contributed by atoms with Crippen LogP contribution in [-0.4, -0.2) is 30.6 Å². The molecule has 330 valence electrons. The molecule has 0 aliphatic heterocycles. The molecule has 4 N–H and O–H groups in total. The van der Waals surface area contributed by atoms with Gasteiger partial charge in [-0.15, -0.1) is 0 Å². The van der Waals surface area contributed by atoms with E-state index in [2.05, 4.69) is 106 Å². The summed E-state index contributed by atoms with van der Waals surface area (Å²) in [6.45, 7) is 9.34. The molecule has 0 bridgehead atoms. The van der Waals surface area contributed by atoms with Gasteiger partial charge in [0.25, 0.3) is 17.7 Å². The van der Waals surface area contributed by atoms with Gasteiger partial charge in [0.05, 0.1) is 5.41 Å². The highest BCUT2D eigenvalue weighted by Crippen LogP contribution is 2.56. The molecule has 0 unspecified atom stereocenters. The van der Waals surface area contributed by atoms with E-state index in [0.717, 1.165) is 55.9 Å². The zero-order valence-corrected chi connectivity index (χ0v) is 38.3. The second-order valence-electron chi connectivity index (χ2n) is 17.3.